The van der Waals surface area contributed by atoms with Crippen LogP contribution in [0.4, 0.5) is 5.69 Å². The molecule has 0 radical (unpaired) electrons. The van der Waals surface area contributed by atoms with Crippen LogP contribution in [0.15, 0.2) is 46.7 Å². The van der Waals surface area contributed by atoms with Crippen LogP contribution in [0, 0.1) is 0 Å². The molecule has 0 aliphatic heterocycles. The van der Waals surface area contributed by atoms with Crippen LogP contribution in [0.3, 0.4) is 0 Å². The van der Waals surface area contributed by atoms with E-state index in [1.807, 2.05) is 0 Å². The highest BCUT2D eigenvalue weighted by molar-refractivity contribution is 7.92. The van der Waals surface area contributed by atoms with Crippen LogP contribution in [0.2, 0.25) is 0 Å². The highest BCUT2D eigenvalue weighted by atomic mass is 32.2. The fourth-order valence-electron chi connectivity index (χ4n) is 1.53. The van der Waals surface area contributed by atoms with Crippen LogP contribution in [-0.2, 0) is 20.0 Å². The van der Waals surface area contributed by atoms with Gasteiger partial charge in [0.1, 0.15) is 0 Å². The van der Waals surface area contributed by atoms with E-state index in [-0.39, 0.29) is 15.6 Å². The Balaban J connectivity index is 2.36. The number of sulfonamides is 2. The third-order valence-corrected chi connectivity index (χ3v) is 5.75. The second-order valence-corrected chi connectivity index (χ2v) is 8.14. The number of anilines is 1. The molecule has 2 N–H and O–H groups in total. The Bertz CT molecular complexity index is 827. The lowest BCUT2D eigenvalue weighted by Crippen LogP contribution is -2.22. The first-order valence-corrected chi connectivity index (χ1v) is 8.69. The van der Waals surface area contributed by atoms with Gasteiger partial charge >= 0.3 is 0 Å². The smallest absolute Gasteiger partial charge is 0.278 e. The molecule has 1 heterocycles. The summed E-state index contributed by atoms with van der Waals surface area (Å²) >= 11 is 0. The molecule has 10 heteroatoms. The Labute approximate surface area is 122 Å². The molecule has 2 rings (SSSR count). The molecule has 1 aromatic heterocycles. The molecule has 114 valence electrons. The lowest BCUT2D eigenvalue weighted by Gasteiger charge is -2.12. The predicted octanol–water partition coefficient (Wildman–Crippen LogP) is 0.461. The molecule has 8 nitrogen and oxygen atoms in total. The number of hydrogen-bond donors (Lipinski definition) is 2. The zero-order valence-electron chi connectivity index (χ0n) is 11.3. The molecule has 21 heavy (non-hydrogen) atoms. The van der Waals surface area contributed by atoms with Crippen LogP contribution >= 0.6 is 0 Å². The molecule has 0 unspecified atom stereocenters. The number of imidazole rings is 1. The largest absolute Gasteiger partial charge is 0.334 e. The van der Waals surface area contributed by atoms with Crippen molar-refractivity contribution in [1.29, 1.82) is 0 Å². The van der Waals surface area contributed by atoms with Crippen molar-refractivity contribution in [3.05, 3.63) is 36.8 Å². The Morgan fingerprint density at radius 3 is 2.48 bits per heavy atom. The first-order chi connectivity index (χ1) is 9.73. The number of aromatic amines is 1. The number of H-pyrrole nitrogens is 1. The van der Waals surface area contributed by atoms with E-state index < -0.39 is 20.0 Å². The number of aromatic nitrogens is 2. The van der Waals surface area contributed by atoms with Crippen molar-refractivity contribution in [2.24, 2.45) is 0 Å². The standard InChI is InChI=1S/C11H14N4O4S2/c1-15(2)21(18,19)10-5-3-4-9(6-10)14-20(16,17)11-7-12-8-13-11/h3-8,14H,1-2H3,(H,12,13). The summed E-state index contributed by atoms with van der Waals surface area (Å²) in [4.78, 5) is 6.10. The van der Waals surface area contributed by atoms with E-state index in [2.05, 4.69) is 14.7 Å². The van der Waals surface area contributed by atoms with E-state index in [1.165, 1.54) is 44.7 Å². The first kappa shape index (κ1) is 15.5. The van der Waals surface area contributed by atoms with Crippen LogP contribution in [0.5, 0.6) is 0 Å². The number of hydrogen-bond acceptors (Lipinski definition) is 5. The maximum atomic E-state index is 12.0. The summed E-state index contributed by atoms with van der Waals surface area (Å²) in [5.41, 5.74) is 0.146. The van der Waals surface area contributed by atoms with Gasteiger partial charge < -0.3 is 4.98 Å². The van der Waals surface area contributed by atoms with Gasteiger partial charge in [0.2, 0.25) is 10.0 Å². The molecule has 0 aliphatic carbocycles. The maximum Gasteiger partial charge on any atom is 0.278 e. The van der Waals surface area contributed by atoms with Gasteiger partial charge in [0.15, 0.2) is 5.03 Å². The Morgan fingerprint density at radius 1 is 1.19 bits per heavy atom. The fourth-order valence-corrected chi connectivity index (χ4v) is 3.43. The van der Waals surface area contributed by atoms with E-state index >= 15 is 0 Å². The van der Waals surface area contributed by atoms with Gasteiger partial charge in [0, 0.05) is 14.1 Å². The van der Waals surface area contributed by atoms with Crippen molar-refractivity contribution >= 4 is 25.7 Å². The number of nitrogens with one attached hydrogen (secondary N) is 2. The minimum atomic E-state index is -3.83. The highest BCUT2D eigenvalue weighted by Crippen LogP contribution is 2.20. The van der Waals surface area contributed by atoms with E-state index in [9.17, 15) is 16.8 Å². The van der Waals surface area contributed by atoms with Gasteiger partial charge in [-0.05, 0) is 18.2 Å². The highest BCUT2D eigenvalue weighted by Gasteiger charge is 2.19. The van der Waals surface area contributed by atoms with Crippen LogP contribution in [0.1, 0.15) is 0 Å². The molecule has 0 aliphatic rings. The molecule has 0 fully saturated rings. The monoisotopic (exact) mass is 330 g/mol. The summed E-state index contributed by atoms with van der Waals surface area (Å²) in [7, 11) is -4.66. The molecular formula is C11H14N4O4S2. The van der Waals surface area contributed by atoms with Crippen molar-refractivity contribution in [3.63, 3.8) is 0 Å². The quantitative estimate of drug-likeness (QED) is 0.827. The predicted molar refractivity (Wildman–Crippen MR) is 76.7 cm³/mol. The summed E-state index contributed by atoms with van der Waals surface area (Å²) in [6.07, 6.45) is 2.39. The lowest BCUT2D eigenvalue weighted by atomic mass is 10.3. The van der Waals surface area contributed by atoms with E-state index in [0.29, 0.717) is 0 Å². The van der Waals surface area contributed by atoms with Crippen molar-refractivity contribution in [2.45, 2.75) is 9.92 Å². The summed E-state index contributed by atoms with van der Waals surface area (Å²) < 4.78 is 51.4. The minimum Gasteiger partial charge on any atom is -0.334 e. The molecule has 2 aromatic rings. The van der Waals surface area contributed by atoms with Gasteiger partial charge in [-0.25, -0.2) is 17.7 Å². The second-order valence-electron chi connectivity index (χ2n) is 4.34. The Hall–Kier alpha value is -1.91. The fraction of sp³-hybridized carbons (Fsp3) is 0.182. The second kappa shape index (κ2) is 5.47. The molecule has 0 saturated heterocycles. The van der Waals surface area contributed by atoms with Gasteiger partial charge in [0.05, 0.1) is 23.1 Å². The van der Waals surface area contributed by atoms with Gasteiger partial charge in [-0.15, -0.1) is 0 Å². The van der Waals surface area contributed by atoms with Crippen molar-refractivity contribution in [2.75, 3.05) is 18.8 Å². The molecule has 0 atom stereocenters. The third kappa shape index (κ3) is 3.23. The van der Waals surface area contributed by atoms with E-state index in [0.717, 1.165) is 10.5 Å². The summed E-state index contributed by atoms with van der Waals surface area (Å²) in [6, 6.07) is 5.57. The van der Waals surface area contributed by atoms with Crippen molar-refractivity contribution < 1.29 is 16.8 Å². The van der Waals surface area contributed by atoms with Crippen LogP contribution in [0.25, 0.3) is 0 Å². The zero-order valence-corrected chi connectivity index (χ0v) is 12.9. The minimum absolute atomic E-state index is 0.00249. The van der Waals surface area contributed by atoms with Gasteiger partial charge in [-0.1, -0.05) is 6.07 Å². The van der Waals surface area contributed by atoms with Crippen LogP contribution < -0.4 is 4.72 Å². The first-order valence-electron chi connectivity index (χ1n) is 5.77. The molecule has 0 spiro atoms. The molecule has 0 saturated carbocycles. The van der Waals surface area contributed by atoms with Crippen molar-refractivity contribution in [1.82, 2.24) is 14.3 Å². The summed E-state index contributed by atoms with van der Waals surface area (Å²) in [5, 5.41) is -0.108. The van der Waals surface area contributed by atoms with Gasteiger partial charge in [-0.3, -0.25) is 4.72 Å². The maximum absolute atomic E-state index is 12.0. The van der Waals surface area contributed by atoms with Crippen LogP contribution in [-0.4, -0.2) is 45.2 Å². The topological polar surface area (TPSA) is 112 Å². The average molecular weight is 330 g/mol. The molecule has 0 bridgehead atoms. The van der Waals surface area contributed by atoms with Gasteiger partial charge in [-0.2, -0.15) is 8.42 Å². The number of benzene rings is 1. The number of rotatable bonds is 5. The summed E-state index contributed by atoms with van der Waals surface area (Å²) in [6.45, 7) is 0. The normalized spacial score (nSPS) is 12.5. The van der Waals surface area contributed by atoms with Gasteiger partial charge in [0.25, 0.3) is 10.0 Å². The third-order valence-electron chi connectivity index (χ3n) is 2.63. The Kier molecular flexibility index (Phi) is 4.03. The molecular weight excluding hydrogens is 316 g/mol. The zero-order chi connectivity index (χ0) is 15.7. The number of nitrogens with zero attached hydrogens (tertiary/aromatic N) is 2. The van der Waals surface area contributed by atoms with E-state index in [4.69, 9.17) is 0 Å². The molecule has 1 aromatic carbocycles. The lowest BCUT2D eigenvalue weighted by molar-refractivity contribution is 0.521. The summed E-state index contributed by atoms with van der Waals surface area (Å²) in [5.74, 6) is 0. The average Bonchev–Trinajstić information content (AvgIpc) is 2.93. The SMILES string of the molecule is CN(C)S(=O)(=O)c1cccc(NS(=O)(=O)c2cnc[nH]2)c1. The Morgan fingerprint density at radius 2 is 1.90 bits per heavy atom. The van der Waals surface area contributed by atoms with Crippen molar-refractivity contribution in [3.8, 4) is 0 Å². The molecule has 0 amide bonds. The van der Waals surface area contributed by atoms with E-state index in [1.54, 1.807) is 0 Å².